The zero-order valence-electron chi connectivity index (χ0n) is 26.4. The van der Waals surface area contributed by atoms with E-state index in [1.807, 2.05) is 30.3 Å². The molecule has 4 N–H and O–H groups in total. The van der Waals surface area contributed by atoms with E-state index in [9.17, 15) is 24.3 Å². The Hall–Kier alpha value is -4.89. The van der Waals surface area contributed by atoms with Crippen LogP contribution < -0.4 is 16.0 Å². The molecular weight excluding hydrogens is 612 g/mol. The second kappa shape index (κ2) is 15.4. The van der Waals surface area contributed by atoms with Crippen LogP contribution in [0, 0.1) is 0 Å². The number of alkyl carbamates (subject to hydrolysis) is 1. The molecule has 246 valence electrons. The van der Waals surface area contributed by atoms with Gasteiger partial charge in [0.1, 0.15) is 25.2 Å². The molecule has 15 heteroatoms. The summed E-state index contributed by atoms with van der Waals surface area (Å²) in [5.41, 5.74) is 2.44. The van der Waals surface area contributed by atoms with E-state index < -0.39 is 38.3 Å². The minimum atomic E-state index is -1.38. The van der Waals surface area contributed by atoms with Crippen LogP contribution in [0.3, 0.4) is 0 Å². The fraction of sp³-hybridized carbons (Fsp3) is 0.387. The third-order valence-corrected chi connectivity index (χ3v) is 8.84. The van der Waals surface area contributed by atoms with Gasteiger partial charge in [-0.3, -0.25) is 10.1 Å². The molecule has 4 rings (SSSR count). The number of anilines is 2. The molecule has 0 saturated carbocycles. The number of nitrogens with zero attached hydrogens (tertiary/aromatic N) is 3. The van der Waals surface area contributed by atoms with E-state index in [-0.39, 0.29) is 32.8 Å². The summed E-state index contributed by atoms with van der Waals surface area (Å²) in [5, 5.41) is 18.2. The zero-order chi connectivity index (χ0) is 33.3. The molecule has 1 aliphatic heterocycles. The molecule has 0 spiro atoms. The van der Waals surface area contributed by atoms with Gasteiger partial charge in [0, 0.05) is 45.1 Å². The highest BCUT2D eigenvalue weighted by Gasteiger charge is 2.29. The molecule has 1 unspecified atom stereocenters. The summed E-state index contributed by atoms with van der Waals surface area (Å²) in [4.78, 5) is 56.1. The Morgan fingerprint density at radius 1 is 1.11 bits per heavy atom. The number of carbonyl (C=O) groups excluding carboxylic acids is 3. The minimum Gasteiger partial charge on any atom is -0.465 e. The lowest BCUT2D eigenvalue weighted by molar-refractivity contribution is -0.116. The maximum Gasteiger partial charge on any atom is 0.411 e. The van der Waals surface area contributed by atoms with Crippen molar-refractivity contribution in [1.82, 2.24) is 19.8 Å². The average molecular weight is 653 g/mol. The lowest BCUT2D eigenvalue weighted by Gasteiger charge is -2.26. The van der Waals surface area contributed by atoms with Gasteiger partial charge in [-0.05, 0) is 29.8 Å². The van der Waals surface area contributed by atoms with Crippen molar-refractivity contribution in [2.75, 3.05) is 37.4 Å². The molecule has 2 heterocycles. The van der Waals surface area contributed by atoms with Crippen LogP contribution in [0.1, 0.15) is 23.9 Å². The largest absolute Gasteiger partial charge is 0.465 e. The number of carbonyl (C=O) groups is 4. The van der Waals surface area contributed by atoms with Crippen molar-refractivity contribution in [2.45, 2.75) is 51.5 Å². The highest BCUT2D eigenvalue weighted by Crippen LogP contribution is 2.32. The number of fused-ring (bicyclic) bond motifs is 4. The van der Waals surface area contributed by atoms with Gasteiger partial charge in [-0.2, -0.15) is 0 Å². The van der Waals surface area contributed by atoms with Crippen molar-refractivity contribution in [3.05, 3.63) is 66.1 Å². The topological polar surface area (TPSA) is 173 Å². The van der Waals surface area contributed by atoms with E-state index in [1.165, 1.54) is 7.11 Å². The first-order valence-electron chi connectivity index (χ1n) is 14.8. The number of hydrogen-bond donors (Lipinski definition) is 4. The van der Waals surface area contributed by atoms with E-state index in [4.69, 9.17) is 14.5 Å². The molecule has 0 fully saturated rings. The Morgan fingerprint density at radius 2 is 1.87 bits per heavy atom. The molecule has 14 nitrogen and oxygen atoms in total. The number of imidazole rings is 1. The Balaban J connectivity index is 1.74. The van der Waals surface area contributed by atoms with Crippen molar-refractivity contribution in [3.63, 3.8) is 0 Å². The van der Waals surface area contributed by atoms with Gasteiger partial charge in [-0.25, -0.2) is 19.4 Å². The maximum absolute atomic E-state index is 13.1. The maximum atomic E-state index is 13.1. The molecular formula is C31H40N6O8Si. The van der Waals surface area contributed by atoms with Gasteiger partial charge in [-0.1, -0.05) is 50.0 Å². The molecule has 0 aliphatic carbocycles. The van der Waals surface area contributed by atoms with Gasteiger partial charge < -0.3 is 39.4 Å². The Kier molecular flexibility index (Phi) is 11.4. The van der Waals surface area contributed by atoms with E-state index >= 15 is 0 Å². The predicted octanol–water partition coefficient (Wildman–Crippen LogP) is 5.33. The average Bonchev–Trinajstić information content (AvgIpc) is 3.43. The van der Waals surface area contributed by atoms with Crippen LogP contribution in [0.15, 0.2) is 54.7 Å². The highest BCUT2D eigenvalue weighted by molar-refractivity contribution is 6.76. The normalized spacial score (nSPS) is 15.0. The van der Waals surface area contributed by atoms with E-state index in [1.54, 1.807) is 29.0 Å². The summed E-state index contributed by atoms with van der Waals surface area (Å²) in [7, 11) is -0.146. The highest BCUT2D eigenvalue weighted by atomic mass is 28.3. The number of nitrogens with one attached hydrogen (secondary N) is 3. The summed E-state index contributed by atoms with van der Waals surface area (Å²) < 4.78 is 17.9. The molecule has 0 radical (unpaired) electrons. The molecule has 3 aromatic rings. The number of benzene rings is 2. The molecule has 4 amide bonds. The smallest absolute Gasteiger partial charge is 0.411 e. The lowest BCUT2D eigenvalue weighted by Crippen LogP contribution is -2.42. The van der Waals surface area contributed by atoms with Gasteiger partial charge in [0.05, 0.1) is 25.0 Å². The van der Waals surface area contributed by atoms with Gasteiger partial charge in [0.25, 0.3) is 0 Å². The molecule has 2 bridgehead atoms. The summed E-state index contributed by atoms with van der Waals surface area (Å²) in [5.74, 6) is -0.120. The van der Waals surface area contributed by atoms with E-state index in [0.29, 0.717) is 35.1 Å². The number of carboxylic acid groups (broad SMARTS) is 1. The first kappa shape index (κ1) is 34.0. The Morgan fingerprint density at radius 3 is 2.57 bits per heavy atom. The van der Waals surface area contributed by atoms with Crippen molar-refractivity contribution < 1.29 is 38.5 Å². The lowest BCUT2D eigenvalue weighted by atomic mass is 10.1. The quantitative estimate of drug-likeness (QED) is 0.176. The molecule has 1 aliphatic rings. The molecule has 1 atom stereocenters. The number of rotatable bonds is 9. The fourth-order valence-corrected chi connectivity index (χ4v) is 5.39. The third kappa shape index (κ3) is 9.80. The van der Waals surface area contributed by atoms with E-state index in [2.05, 4.69) is 40.3 Å². The van der Waals surface area contributed by atoms with E-state index in [0.717, 1.165) is 16.5 Å². The number of aromatic nitrogens is 2. The van der Waals surface area contributed by atoms with Gasteiger partial charge in [0.2, 0.25) is 5.91 Å². The second-order valence-corrected chi connectivity index (χ2v) is 17.6. The zero-order valence-corrected chi connectivity index (χ0v) is 27.4. The number of ether oxygens (including phenoxy) is 3. The number of hydrogen-bond acceptors (Lipinski definition) is 8. The molecule has 0 saturated heterocycles. The minimum absolute atomic E-state index is 0.0109. The standard InChI is InChI=1S/C31H40N6O8Si/c1-43-29(39)32-22-10-11-23-24(16-22)33-27(38)12-13-36(31(41)42)18-26(35-30(40)45-19-21-8-6-5-7-9-21)28-34-25(23)17-37(28)20-44-14-15-46(2,3)4/h5-11,16-17,26H,12-15,18-20H2,1-4H3,(H,32,39)(H,33,38)(H,35,40)(H,41,42). The monoisotopic (exact) mass is 652 g/mol. The van der Waals surface area contributed by atoms with Crippen LogP contribution in [0.5, 0.6) is 0 Å². The van der Waals surface area contributed by atoms with Gasteiger partial charge in [0.15, 0.2) is 0 Å². The van der Waals surface area contributed by atoms with Gasteiger partial charge in [-0.15, -0.1) is 0 Å². The van der Waals surface area contributed by atoms with Crippen LogP contribution >= 0.6 is 0 Å². The van der Waals surface area contributed by atoms with Crippen LogP contribution in [0.2, 0.25) is 25.7 Å². The SMILES string of the molecule is COC(=O)Nc1ccc2c(c1)NC(=O)CCN(C(=O)O)CC(NC(=O)OCc1ccccc1)c1nc-2cn1COCC[Si](C)(C)C. The Labute approximate surface area is 268 Å². The summed E-state index contributed by atoms with van der Waals surface area (Å²) in [6.07, 6.45) is -1.18. The van der Waals surface area contributed by atoms with Crippen molar-refractivity contribution in [2.24, 2.45) is 0 Å². The predicted molar refractivity (Wildman–Crippen MR) is 173 cm³/mol. The molecule has 1 aromatic heterocycles. The third-order valence-electron chi connectivity index (χ3n) is 7.13. The van der Waals surface area contributed by atoms with Crippen molar-refractivity contribution >= 4 is 43.6 Å². The summed E-state index contributed by atoms with van der Waals surface area (Å²) in [6.45, 7) is 6.98. The first-order chi connectivity index (χ1) is 21.9. The van der Waals surface area contributed by atoms with Crippen LogP contribution in [-0.4, -0.2) is 78.6 Å². The number of methoxy groups -OCH3 is 1. The summed E-state index contributed by atoms with van der Waals surface area (Å²) >= 11 is 0. The fourth-order valence-electron chi connectivity index (χ4n) is 4.63. The van der Waals surface area contributed by atoms with Crippen molar-refractivity contribution in [1.29, 1.82) is 0 Å². The van der Waals surface area contributed by atoms with Crippen LogP contribution in [0.4, 0.5) is 25.8 Å². The second-order valence-electron chi connectivity index (χ2n) is 12.0. The van der Waals surface area contributed by atoms with Crippen LogP contribution in [0.25, 0.3) is 11.3 Å². The summed E-state index contributed by atoms with van der Waals surface area (Å²) in [6, 6.07) is 14.0. The van der Waals surface area contributed by atoms with Crippen LogP contribution in [-0.2, 0) is 32.3 Å². The first-order valence-corrected chi connectivity index (χ1v) is 18.5. The molecule has 46 heavy (non-hydrogen) atoms. The van der Waals surface area contributed by atoms with Gasteiger partial charge >= 0.3 is 18.3 Å². The Bertz CT molecular complexity index is 1540. The van der Waals surface area contributed by atoms with Crippen molar-refractivity contribution in [3.8, 4) is 11.3 Å². The number of amides is 4. The molecule has 2 aromatic carbocycles.